The maximum atomic E-state index is 5.69. The summed E-state index contributed by atoms with van der Waals surface area (Å²) in [7, 11) is 0. The zero-order chi connectivity index (χ0) is 6.20. The third kappa shape index (κ3) is 0.757. The topological polar surface area (TPSA) is 15.3 Å². The molecule has 1 aliphatic rings. The summed E-state index contributed by atoms with van der Waals surface area (Å²) in [5.74, 6) is 0. The van der Waals surface area contributed by atoms with Gasteiger partial charge in [-0.15, -0.1) is 0 Å². The van der Waals surface area contributed by atoms with E-state index in [1.165, 1.54) is 0 Å². The summed E-state index contributed by atoms with van der Waals surface area (Å²) in [4.78, 5) is 0. The Morgan fingerprint density at radius 1 is 1.62 bits per heavy atom. The van der Waals surface area contributed by atoms with Gasteiger partial charge >= 0.3 is 0 Å². The van der Waals surface area contributed by atoms with Crippen molar-refractivity contribution in [1.82, 2.24) is 9.74 Å². The quantitative estimate of drug-likeness (QED) is 0.499. The molecule has 0 aromatic heterocycles. The fourth-order valence-electron chi connectivity index (χ4n) is 0.555. The number of hydrogen-bond acceptors (Lipinski definition) is 2. The summed E-state index contributed by atoms with van der Waals surface area (Å²) in [6.07, 6.45) is 3.62. The zero-order valence-electron chi connectivity index (χ0n) is 4.98. The van der Waals surface area contributed by atoms with Crippen LogP contribution >= 0.6 is 11.8 Å². The Bertz CT molecular complexity index is 120. The Morgan fingerprint density at radius 3 is 2.38 bits per heavy atom. The van der Waals surface area contributed by atoms with Gasteiger partial charge in [0.1, 0.15) is 5.66 Å². The van der Waals surface area contributed by atoms with Gasteiger partial charge in [0.2, 0.25) is 0 Å². The predicted octanol–water partition coefficient (Wildman–Crippen LogP) is 1.25. The molecule has 0 saturated heterocycles. The molecule has 8 heavy (non-hydrogen) atoms. The Kier molecular flexibility index (Phi) is 1.12. The summed E-state index contributed by atoms with van der Waals surface area (Å²) >= 11 is 5.69. The van der Waals surface area contributed by atoms with Crippen molar-refractivity contribution in [2.75, 3.05) is 0 Å². The molecule has 0 fully saturated rings. The number of hydrogen-bond donors (Lipinski definition) is 1. The Morgan fingerprint density at radius 2 is 2.25 bits per heavy atom. The van der Waals surface area contributed by atoms with E-state index in [0.717, 1.165) is 0 Å². The van der Waals surface area contributed by atoms with Crippen LogP contribution in [0.3, 0.4) is 0 Å². The number of nitrogens with one attached hydrogen (secondary N) is 1. The van der Waals surface area contributed by atoms with Crippen LogP contribution in [0.25, 0.3) is 0 Å². The van der Waals surface area contributed by atoms with Gasteiger partial charge in [-0.05, 0) is 13.8 Å². The molecule has 2 nitrogen and oxygen atoms in total. The molecule has 3 heteroatoms. The highest BCUT2D eigenvalue weighted by Crippen LogP contribution is 2.17. The van der Waals surface area contributed by atoms with Crippen molar-refractivity contribution in [3.63, 3.8) is 0 Å². The molecule has 1 N–H and O–H groups in total. The summed E-state index contributed by atoms with van der Waals surface area (Å²) in [6.45, 7) is 4.00. The standard InChI is InChI=1S/C5H9ClN2/c1-5(2)7-3-4-8(5)6/h3-4,7H,1-2H3. The third-order valence-electron chi connectivity index (χ3n) is 1.18. The van der Waals surface area contributed by atoms with Crippen LogP contribution in [-0.4, -0.2) is 10.1 Å². The molecular formula is C5H9ClN2. The lowest BCUT2D eigenvalue weighted by atomic mass is 10.3. The molecule has 0 amide bonds. The monoisotopic (exact) mass is 132 g/mol. The molecule has 1 heterocycles. The smallest absolute Gasteiger partial charge is 0.119 e. The van der Waals surface area contributed by atoms with Gasteiger partial charge in [-0.3, -0.25) is 4.42 Å². The van der Waals surface area contributed by atoms with E-state index in [0.29, 0.717) is 0 Å². The first-order valence-electron chi connectivity index (χ1n) is 2.52. The van der Waals surface area contributed by atoms with E-state index in [1.807, 2.05) is 20.0 Å². The Labute approximate surface area is 54.2 Å². The normalized spacial score (nSPS) is 23.6. The van der Waals surface area contributed by atoms with E-state index < -0.39 is 0 Å². The minimum absolute atomic E-state index is 0.110. The van der Waals surface area contributed by atoms with Crippen LogP contribution < -0.4 is 5.32 Å². The molecule has 0 aromatic rings. The molecule has 0 aliphatic carbocycles. The molecule has 1 aliphatic heterocycles. The number of rotatable bonds is 0. The first-order valence-corrected chi connectivity index (χ1v) is 2.86. The van der Waals surface area contributed by atoms with Gasteiger partial charge in [0.25, 0.3) is 0 Å². The molecule has 0 aromatic carbocycles. The van der Waals surface area contributed by atoms with E-state index in [4.69, 9.17) is 11.8 Å². The van der Waals surface area contributed by atoms with Crippen molar-refractivity contribution in [3.05, 3.63) is 12.4 Å². The minimum Gasteiger partial charge on any atom is -0.367 e. The van der Waals surface area contributed by atoms with Gasteiger partial charge in [-0.1, -0.05) is 0 Å². The van der Waals surface area contributed by atoms with E-state index >= 15 is 0 Å². The lowest BCUT2D eigenvalue weighted by molar-refractivity contribution is 0.299. The first kappa shape index (κ1) is 5.76. The van der Waals surface area contributed by atoms with Gasteiger partial charge in [0.15, 0.2) is 0 Å². The molecule has 0 saturated carbocycles. The van der Waals surface area contributed by atoms with Gasteiger partial charge < -0.3 is 5.32 Å². The number of nitrogens with zero attached hydrogens (tertiary/aromatic N) is 1. The summed E-state index contributed by atoms with van der Waals surface area (Å²) in [6, 6.07) is 0. The molecule has 0 spiro atoms. The van der Waals surface area contributed by atoms with Crippen LogP contribution in [-0.2, 0) is 0 Å². The van der Waals surface area contributed by atoms with Crippen LogP contribution in [0.5, 0.6) is 0 Å². The third-order valence-corrected chi connectivity index (χ3v) is 1.71. The molecule has 1 rings (SSSR count). The maximum Gasteiger partial charge on any atom is 0.119 e. The van der Waals surface area contributed by atoms with Gasteiger partial charge in [0.05, 0.1) is 0 Å². The van der Waals surface area contributed by atoms with E-state index in [9.17, 15) is 0 Å². The van der Waals surface area contributed by atoms with Crippen molar-refractivity contribution >= 4 is 11.8 Å². The second-order valence-corrected chi connectivity index (χ2v) is 2.69. The maximum absolute atomic E-state index is 5.69. The minimum atomic E-state index is -0.110. The molecule has 46 valence electrons. The lowest BCUT2D eigenvalue weighted by Crippen LogP contribution is -2.40. The van der Waals surface area contributed by atoms with Crippen molar-refractivity contribution in [2.24, 2.45) is 0 Å². The van der Waals surface area contributed by atoms with Crippen LogP contribution in [0.1, 0.15) is 13.8 Å². The second kappa shape index (κ2) is 1.55. The summed E-state index contributed by atoms with van der Waals surface area (Å²) in [5.41, 5.74) is -0.110. The fraction of sp³-hybridized carbons (Fsp3) is 0.600. The van der Waals surface area contributed by atoms with Crippen LogP contribution in [0.2, 0.25) is 0 Å². The highest BCUT2D eigenvalue weighted by molar-refractivity contribution is 6.14. The molecular weight excluding hydrogens is 124 g/mol. The summed E-state index contributed by atoms with van der Waals surface area (Å²) in [5, 5.41) is 3.06. The van der Waals surface area contributed by atoms with E-state index in [-0.39, 0.29) is 5.66 Å². The molecule has 0 unspecified atom stereocenters. The molecule has 0 atom stereocenters. The SMILES string of the molecule is CC1(C)NC=CN1Cl. The number of halogens is 1. The Hall–Kier alpha value is -0.370. The van der Waals surface area contributed by atoms with Gasteiger partial charge in [-0.2, -0.15) is 0 Å². The highest BCUT2D eigenvalue weighted by atomic mass is 35.5. The summed E-state index contributed by atoms with van der Waals surface area (Å²) < 4.78 is 1.60. The van der Waals surface area contributed by atoms with Crippen molar-refractivity contribution in [2.45, 2.75) is 19.5 Å². The largest absolute Gasteiger partial charge is 0.367 e. The van der Waals surface area contributed by atoms with Crippen molar-refractivity contribution < 1.29 is 0 Å². The van der Waals surface area contributed by atoms with E-state index in [2.05, 4.69) is 5.32 Å². The van der Waals surface area contributed by atoms with Crippen molar-refractivity contribution in [1.29, 1.82) is 0 Å². The second-order valence-electron chi connectivity index (χ2n) is 2.33. The average Bonchev–Trinajstić information content (AvgIpc) is 1.86. The lowest BCUT2D eigenvalue weighted by Gasteiger charge is -2.25. The first-order chi connectivity index (χ1) is 3.63. The van der Waals surface area contributed by atoms with Gasteiger partial charge in [0, 0.05) is 24.2 Å². The van der Waals surface area contributed by atoms with Crippen LogP contribution in [0.15, 0.2) is 12.4 Å². The van der Waals surface area contributed by atoms with Crippen LogP contribution in [0, 0.1) is 0 Å². The predicted molar refractivity (Wildman–Crippen MR) is 34.0 cm³/mol. The molecule has 0 radical (unpaired) electrons. The highest BCUT2D eigenvalue weighted by Gasteiger charge is 2.24. The van der Waals surface area contributed by atoms with Crippen molar-refractivity contribution in [3.8, 4) is 0 Å². The van der Waals surface area contributed by atoms with E-state index in [1.54, 1.807) is 10.6 Å². The fourth-order valence-corrected chi connectivity index (χ4v) is 0.660. The average molecular weight is 133 g/mol. The molecule has 0 bridgehead atoms. The van der Waals surface area contributed by atoms with Crippen LogP contribution in [0.4, 0.5) is 0 Å². The zero-order valence-corrected chi connectivity index (χ0v) is 5.74. The van der Waals surface area contributed by atoms with Gasteiger partial charge in [-0.25, -0.2) is 0 Å². The Balaban J connectivity index is 2.64.